The molecule has 0 spiro atoms. The molecule has 1 N–H and O–H groups in total. The Balaban J connectivity index is 1.41. The van der Waals surface area contributed by atoms with Crippen LogP contribution in [-0.4, -0.2) is 50.7 Å². The van der Waals surface area contributed by atoms with Gasteiger partial charge in [0.1, 0.15) is 0 Å². The first kappa shape index (κ1) is 17.3. The zero-order chi connectivity index (χ0) is 16.8. The second kappa shape index (κ2) is 8.50. The zero-order valence-corrected chi connectivity index (χ0v) is 14.8. The largest absolute Gasteiger partial charge is 0.340 e. The van der Waals surface area contributed by atoms with Gasteiger partial charge < -0.3 is 9.84 Å². The average molecular weight is 348 g/mol. The first-order chi connectivity index (χ1) is 11.7. The van der Waals surface area contributed by atoms with E-state index < -0.39 is 10.8 Å². The van der Waals surface area contributed by atoms with E-state index in [0.29, 0.717) is 17.7 Å². The summed E-state index contributed by atoms with van der Waals surface area (Å²) in [6, 6.07) is 10.1. The molecule has 1 aromatic heterocycles. The third-order valence-electron chi connectivity index (χ3n) is 4.17. The molecule has 6 nitrogen and oxygen atoms in total. The molecule has 0 radical (unpaired) electrons. The number of likely N-dealkylation sites (tertiary alicyclic amines) is 1. The molecular formula is C17H24N4O2S. The topological polar surface area (TPSA) is 71.3 Å². The molecule has 2 aromatic rings. The summed E-state index contributed by atoms with van der Waals surface area (Å²) in [5, 5.41) is 7.51. The Labute approximate surface area is 145 Å². The Bertz CT molecular complexity index is 662. The van der Waals surface area contributed by atoms with Gasteiger partial charge in [-0.2, -0.15) is 4.98 Å². The number of aromatic nitrogens is 2. The van der Waals surface area contributed by atoms with Crippen LogP contribution in [0.5, 0.6) is 0 Å². The van der Waals surface area contributed by atoms with E-state index in [0.717, 1.165) is 49.7 Å². The molecule has 0 aliphatic carbocycles. The normalized spacial score (nSPS) is 20.1. The second-order valence-electron chi connectivity index (χ2n) is 6.12. The van der Waals surface area contributed by atoms with Crippen LogP contribution in [0.25, 0.3) is 0 Å². The van der Waals surface area contributed by atoms with Crippen molar-refractivity contribution >= 4 is 10.8 Å². The van der Waals surface area contributed by atoms with E-state index >= 15 is 0 Å². The van der Waals surface area contributed by atoms with Gasteiger partial charge in [-0.05, 0) is 31.5 Å². The second-order valence-corrected chi connectivity index (χ2v) is 7.69. The monoisotopic (exact) mass is 348 g/mol. The van der Waals surface area contributed by atoms with Gasteiger partial charge in [-0.3, -0.25) is 9.11 Å². The third-order valence-corrected chi connectivity index (χ3v) is 5.54. The lowest BCUT2D eigenvalue weighted by Crippen LogP contribution is -2.46. The van der Waals surface area contributed by atoms with E-state index in [1.165, 1.54) is 0 Å². The van der Waals surface area contributed by atoms with Crippen LogP contribution in [0.15, 0.2) is 39.8 Å². The van der Waals surface area contributed by atoms with Crippen molar-refractivity contribution in [1.29, 1.82) is 0 Å². The number of benzene rings is 1. The fraction of sp³-hybridized carbons (Fsp3) is 0.529. The molecule has 3 rings (SSSR count). The molecule has 2 unspecified atom stereocenters. The van der Waals surface area contributed by atoms with Crippen molar-refractivity contribution in [3.8, 4) is 0 Å². The first-order valence-corrected chi connectivity index (χ1v) is 9.71. The van der Waals surface area contributed by atoms with Gasteiger partial charge in [-0.25, -0.2) is 0 Å². The van der Waals surface area contributed by atoms with Gasteiger partial charge >= 0.3 is 0 Å². The molecule has 0 amide bonds. The van der Waals surface area contributed by atoms with Crippen molar-refractivity contribution in [2.45, 2.75) is 37.2 Å². The summed E-state index contributed by atoms with van der Waals surface area (Å²) in [7, 11) is -0.934. The minimum atomic E-state index is -0.934. The first-order valence-electron chi connectivity index (χ1n) is 8.39. The van der Waals surface area contributed by atoms with E-state index in [1.54, 1.807) is 0 Å². The van der Waals surface area contributed by atoms with Gasteiger partial charge in [0.25, 0.3) is 0 Å². The number of aryl methyl sites for hydroxylation is 1. The molecule has 1 aliphatic rings. The van der Waals surface area contributed by atoms with Crippen LogP contribution in [0.1, 0.15) is 24.6 Å². The Hall–Kier alpha value is -1.57. The molecule has 2 atom stereocenters. The maximum absolute atomic E-state index is 12.2. The molecule has 7 heteroatoms. The van der Waals surface area contributed by atoms with Crippen LogP contribution in [-0.2, 0) is 17.3 Å². The predicted octanol–water partition coefficient (Wildman–Crippen LogP) is 1.74. The summed E-state index contributed by atoms with van der Waals surface area (Å²) >= 11 is 0. The molecule has 2 heterocycles. The average Bonchev–Trinajstić information content (AvgIpc) is 3.01. The number of nitrogens with one attached hydrogen (secondary N) is 1. The standard InChI is InChI=1S/C17H24N4O2S/c1-14-19-17(20-23-14)13-21-10-5-6-15(12-21)18-9-11-24(22)16-7-3-2-4-8-16/h2-4,7-8,15,18H,5-6,9-13H2,1H3. The molecular weight excluding hydrogens is 324 g/mol. The van der Waals surface area contributed by atoms with Crippen LogP contribution in [0.2, 0.25) is 0 Å². The van der Waals surface area contributed by atoms with Crippen LogP contribution in [0, 0.1) is 6.92 Å². The van der Waals surface area contributed by atoms with Crippen molar-refractivity contribution in [3.05, 3.63) is 42.0 Å². The molecule has 24 heavy (non-hydrogen) atoms. The maximum Gasteiger partial charge on any atom is 0.223 e. The van der Waals surface area contributed by atoms with Crippen LogP contribution in [0.3, 0.4) is 0 Å². The molecule has 1 aliphatic heterocycles. The summed E-state index contributed by atoms with van der Waals surface area (Å²) in [4.78, 5) is 7.52. The molecule has 130 valence electrons. The SMILES string of the molecule is Cc1nc(CN2CCCC(NCCS(=O)c3ccccc3)C2)no1. The summed E-state index contributed by atoms with van der Waals surface area (Å²) in [6.45, 7) is 5.32. The number of hydrogen-bond donors (Lipinski definition) is 1. The summed E-state index contributed by atoms with van der Waals surface area (Å²) in [5.41, 5.74) is 0. The van der Waals surface area contributed by atoms with E-state index in [-0.39, 0.29) is 0 Å². The summed E-state index contributed by atoms with van der Waals surface area (Å²) in [5.74, 6) is 2.00. The number of rotatable bonds is 7. The lowest BCUT2D eigenvalue weighted by Gasteiger charge is -2.32. The van der Waals surface area contributed by atoms with Gasteiger partial charge in [0.15, 0.2) is 5.82 Å². The van der Waals surface area contributed by atoms with Crippen LogP contribution < -0.4 is 5.32 Å². The summed E-state index contributed by atoms with van der Waals surface area (Å²) < 4.78 is 17.3. The smallest absolute Gasteiger partial charge is 0.223 e. The third kappa shape index (κ3) is 4.96. The predicted molar refractivity (Wildman–Crippen MR) is 93.1 cm³/mol. The minimum Gasteiger partial charge on any atom is -0.340 e. The molecule has 0 bridgehead atoms. The maximum atomic E-state index is 12.2. The Morgan fingerprint density at radius 1 is 1.38 bits per heavy atom. The van der Waals surface area contributed by atoms with E-state index in [1.807, 2.05) is 37.3 Å². The van der Waals surface area contributed by atoms with Crippen molar-refractivity contribution in [3.63, 3.8) is 0 Å². The fourth-order valence-corrected chi connectivity index (χ4v) is 4.02. The highest BCUT2D eigenvalue weighted by molar-refractivity contribution is 7.85. The zero-order valence-electron chi connectivity index (χ0n) is 14.0. The van der Waals surface area contributed by atoms with E-state index in [4.69, 9.17) is 4.52 Å². The van der Waals surface area contributed by atoms with Gasteiger partial charge in [-0.15, -0.1) is 0 Å². The Morgan fingerprint density at radius 2 is 2.21 bits per heavy atom. The van der Waals surface area contributed by atoms with Gasteiger partial charge in [-0.1, -0.05) is 23.4 Å². The molecule has 1 fully saturated rings. The molecule has 0 saturated carbocycles. The van der Waals surface area contributed by atoms with Crippen molar-refractivity contribution in [1.82, 2.24) is 20.4 Å². The van der Waals surface area contributed by atoms with Gasteiger partial charge in [0.2, 0.25) is 5.89 Å². The number of piperidine rings is 1. The highest BCUT2D eigenvalue weighted by Gasteiger charge is 2.21. The quantitative estimate of drug-likeness (QED) is 0.822. The van der Waals surface area contributed by atoms with Crippen molar-refractivity contribution < 1.29 is 8.73 Å². The fourth-order valence-electron chi connectivity index (χ4n) is 3.02. The van der Waals surface area contributed by atoms with Crippen LogP contribution in [0.4, 0.5) is 0 Å². The minimum absolute atomic E-state index is 0.430. The van der Waals surface area contributed by atoms with E-state index in [9.17, 15) is 4.21 Å². The van der Waals surface area contributed by atoms with Gasteiger partial charge in [0, 0.05) is 36.7 Å². The highest BCUT2D eigenvalue weighted by atomic mass is 32.2. The van der Waals surface area contributed by atoms with E-state index in [2.05, 4.69) is 20.4 Å². The highest BCUT2D eigenvalue weighted by Crippen LogP contribution is 2.13. The lowest BCUT2D eigenvalue weighted by molar-refractivity contribution is 0.179. The van der Waals surface area contributed by atoms with Crippen molar-refractivity contribution in [2.75, 3.05) is 25.4 Å². The number of hydrogen-bond acceptors (Lipinski definition) is 6. The number of nitrogens with zero attached hydrogens (tertiary/aromatic N) is 3. The lowest BCUT2D eigenvalue weighted by atomic mass is 10.1. The van der Waals surface area contributed by atoms with Gasteiger partial charge in [0.05, 0.1) is 17.3 Å². The van der Waals surface area contributed by atoms with Crippen LogP contribution >= 0.6 is 0 Å². The Kier molecular flexibility index (Phi) is 6.12. The molecule has 1 saturated heterocycles. The summed E-state index contributed by atoms with van der Waals surface area (Å²) in [6.07, 6.45) is 2.30. The van der Waals surface area contributed by atoms with Crippen molar-refractivity contribution in [2.24, 2.45) is 0 Å². The molecule has 1 aromatic carbocycles. The Morgan fingerprint density at radius 3 is 2.96 bits per heavy atom.